The Bertz CT molecular complexity index is 437. The molecular weight excluding hydrogens is 244 g/mol. The third-order valence-corrected chi connectivity index (χ3v) is 4.77. The Labute approximate surface area is 113 Å². The SMILES string of the molecule is CC1=C[C@@H](O)C[C@@H](C)[C@]1(C)CCC1=CC(O)OC1=O. The lowest BCUT2D eigenvalue weighted by atomic mass is 9.64. The maximum Gasteiger partial charge on any atom is 0.336 e. The highest BCUT2D eigenvalue weighted by molar-refractivity contribution is 5.90. The summed E-state index contributed by atoms with van der Waals surface area (Å²) in [5.74, 6) is -0.0586. The van der Waals surface area contributed by atoms with Gasteiger partial charge in [0.2, 0.25) is 6.29 Å². The fraction of sp³-hybridized carbons (Fsp3) is 0.667. The third-order valence-electron chi connectivity index (χ3n) is 4.77. The van der Waals surface area contributed by atoms with E-state index in [2.05, 4.69) is 18.6 Å². The van der Waals surface area contributed by atoms with Gasteiger partial charge in [-0.05, 0) is 43.6 Å². The first-order valence-electron chi connectivity index (χ1n) is 6.79. The highest BCUT2D eigenvalue weighted by atomic mass is 16.6. The Morgan fingerprint density at radius 3 is 2.63 bits per heavy atom. The van der Waals surface area contributed by atoms with E-state index in [9.17, 15) is 15.0 Å². The van der Waals surface area contributed by atoms with Gasteiger partial charge in [0.1, 0.15) is 0 Å². The lowest BCUT2D eigenvalue weighted by Crippen LogP contribution is -2.34. The summed E-state index contributed by atoms with van der Waals surface area (Å²) in [7, 11) is 0. The van der Waals surface area contributed by atoms with Crippen LogP contribution in [0.15, 0.2) is 23.3 Å². The molecule has 1 unspecified atom stereocenters. The number of aliphatic hydroxyl groups is 2. The first-order chi connectivity index (χ1) is 8.83. The minimum atomic E-state index is -1.09. The lowest BCUT2D eigenvalue weighted by molar-refractivity contribution is -0.151. The summed E-state index contributed by atoms with van der Waals surface area (Å²) in [6.45, 7) is 6.34. The quantitative estimate of drug-likeness (QED) is 0.605. The highest BCUT2D eigenvalue weighted by Gasteiger charge is 2.38. The van der Waals surface area contributed by atoms with Crippen LogP contribution in [0.25, 0.3) is 0 Å². The topological polar surface area (TPSA) is 66.8 Å². The molecule has 0 fully saturated rings. The largest absolute Gasteiger partial charge is 0.429 e. The summed E-state index contributed by atoms with van der Waals surface area (Å²) in [4.78, 5) is 11.5. The van der Waals surface area contributed by atoms with Gasteiger partial charge in [-0.15, -0.1) is 0 Å². The summed E-state index contributed by atoms with van der Waals surface area (Å²) in [6.07, 6.45) is 4.11. The van der Waals surface area contributed by atoms with Crippen molar-refractivity contribution in [3.8, 4) is 0 Å². The van der Waals surface area contributed by atoms with Gasteiger partial charge in [0, 0.05) is 5.57 Å². The van der Waals surface area contributed by atoms with Gasteiger partial charge in [0.15, 0.2) is 0 Å². The van der Waals surface area contributed by atoms with Crippen LogP contribution in [0, 0.1) is 11.3 Å². The number of aliphatic hydroxyl groups excluding tert-OH is 2. The van der Waals surface area contributed by atoms with Gasteiger partial charge in [-0.25, -0.2) is 4.79 Å². The number of cyclic esters (lactones) is 1. The van der Waals surface area contributed by atoms with E-state index in [0.717, 1.165) is 12.8 Å². The van der Waals surface area contributed by atoms with E-state index >= 15 is 0 Å². The summed E-state index contributed by atoms with van der Waals surface area (Å²) in [5.41, 5.74) is 1.71. The molecule has 1 heterocycles. The molecule has 19 heavy (non-hydrogen) atoms. The van der Waals surface area contributed by atoms with Crippen molar-refractivity contribution in [2.24, 2.45) is 11.3 Å². The molecule has 0 amide bonds. The Balaban J connectivity index is 2.08. The predicted molar refractivity (Wildman–Crippen MR) is 71.1 cm³/mol. The van der Waals surface area contributed by atoms with Gasteiger partial charge in [-0.3, -0.25) is 0 Å². The van der Waals surface area contributed by atoms with Crippen molar-refractivity contribution < 1.29 is 19.7 Å². The molecule has 0 aromatic carbocycles. The molecule has 0 saturated heterocycles. The van der Waals surface area contributed by atoms with Crippen molar-refractivity contribution in [2.75, 3.05) is 0 Å². The standard InChI is InChI=1S/C15H22O4/c1-9-6-12(16)7-10(2)15(9,3)5-4-11-8-13(17)19-14(11)18/h6,8,10,12-13,16-17H,4-5,7H2,1-3H3/t10-,12-,13?,15-/m1/s1. The molecule has 2 N–H and O–H groups in total. The van der Waals surface area contributed by atoms with Crippen molar-refractivity contribution >= 4 is 5.97 Å². The smallest absolute Gasteiger partial charge is 0.336 e. The van der Waals surface area contributed by atoms with Crippen molar-refractivity contribution in [3.63, 3.8) is 0 Å². The zero-order chi connectivity index (χ0) is 14.2. The lowest BCUT2D eigenvalue weighted by Gasteiger charge is -2.41. The van der Waals surface area contributed by atoms with Crippen LogP contribution in [-0.2, 0) is 9.53 Å². The first-order valence-corrected chi connectivity index (χ1v) is 6.79. The zero-order valence-corrected chi connectivity index (χ0v) is 11.7. The van der Waals surface area contributed by atoms with E-state index in [0.29, 0.717) is 17.9 Å². The second kappa shape index (κ2) is 5.10. The molecule has 0 aromatic rings. The Morgan fingerprint density at radius 1 is 1.42 bits per heavy atom. The van der Waals surface area contributed by atoms with Crippen LogP contribution in [0.3, 0.4) is 0 Å². The van der Waals surface area contributed by atoms with Crippen LogP contribution in [0.2, 0.25) is 0 Å². The molecule has 2 rings (SSSR count). The fourth-order valence-electron chi connectivity index (χ4n) is 3.04. The Morgan fingerprint density at radius 2 is 2.11 bits per heavy atom. The van der Waals surface area contributed by atoms with Crippen LogP contribution >= 0.6 is 0 Å². The van der Waals surface area contributed by atoms with Gasteiger partial charge >= 0.3 is 5.97 Å². The number of carbonyl (C=O) groups excluding carboxylic acids is 1. The number of esters is 1. The van der Waals surface area contributed by atoms with Crippen LogP contribution in [-0.4, -0.2) is 28.6 Å². The molecule has 0 saturated carbocycles. The minimum Gasteiger partial charge on any atom is -0.429 e. The molecule has 0 bridgehead atoms. The van der Waals surface area contributed by atoms with Gasteiger partial charge in [-0.2, -0.15) is 0 Å². The predicted octanol–water partition coefficient (Wildman–Crippen LogP) is 1.92. The molecule has 1 aliphatic heterocycles. The molecule has 4 nitrogen and oxygen atoms in total. The molecule has 2 aliphatic rings. The molecule has 0 aromatic heterocycles. The molecule has 106 valence electrons. The number of ether oxygens (including phenoxy) is 1. The Kier molecular flexibility index (Phi) is 3.83. The van der Waals surface area contributed by atoms with Crippen LogP contribution in [0.5, 0.6) is 0 Å². The van der Waals surface area contributed by atoms with E-state index < -0.39 is 12.3 Å². The molecular formula is C15H22O4. The number of hydrogen-bond donors (Lipinski definition) is 2. The number of rotatable bonds is 3. The summed E-state index contributed by atoms with van der Waals surface area (Å²) < 4.78 is 4.69. The van der Waals surface area contributed by atoms with Gasteiger partial charge < -0.3 is 14.9 Å². The summed E-state index contributed by atoms with van der Waals surface area (Å²) in [5, 5.41) is 19.0. The van der Waals surface area contributed by atoms with Crippen molar-refractivity contribution in [1.29, 1.82) is 0 Å². The average molecular weight is 266 g/mol. The van der Waals surface area contributed by atoms with Gasteiger partial charge in [-0.1, -0.05) is 25.5 Å². The normalized spacial score (nSPS) is 38.8. The maximum absolute atomic E-state index is 11.5. The zero-order valence-electron chi connectivity index (χ0n) is 11.7. The van der Waals surface area contributed by atoms with E-state index in [-0.39, 0.29) is 11.5 Å². The molecule has 4 atom stereocenters. The van der Waals surface area contributed by atoms with Crippen molar-refractivity contribution in [2.45, 2.75) is 52.4 Å². The maximum atomic E-state index is 11.5. The van der Waals surface area contributed by atoms with Crippen LogP contribution < -0.4 is 0 Å². The minimum absolute atomic E-state index is 0.0199. The van der Waals surface area contributed by atoms with Crippen LogP contribution in [0.1, 0.15) is 40.0 Å². The third kappa shape index (κ3) is 2.74. The van der Waals surface area contributed by atoms with E-state index in [4.69, 9.17) is 0 Å². The first kappa shape index (κ1) is 14.3. The number of carbonyl (C=O) groups is 1. The van der Waals surface area contributed by atoms with E-state index in [1.165, 1.54) is 11.6 Å². The highest BCUT2D eigenvalue weighted by Crippen LogP contribution is 2.46. The summed E-state index contributed by atoms with van der Waals surface area (Å²) in [6, 6.07) is 0. The van der Waals surface area contributed by atoms with Crippen molar-refractivity contribution in [1.82, 2.24) is 0 Å². The fourth-order valence-corrected chi connectivity index (χ4v) is 3.04. The van der Waals surface area contributed by atoms with Crippen molar-refractivity contribution in [3.05, 3.63) is 23.3 Å². The second-order valence-corrected chi connectivity index (χ2v) is 5.96. The molecule has 0 radical (unpaired) electrons. The van der Waals surface area contributed by atoms with Gasteiger partial charge in [0.05, 0.1) is 6.10 Å². The molecule has 4 heteroatoms. The molecule has 1 aliphatic carbocycles. The average Bonchev–Trinajstić information content (AvgIpc) is 2.62. The van der Waals surface area contributed by atoms with E-state index in [1.54, 1.807) is 0 Å². The number of hydrogen-bond acceptors (Lipinski definition) is 4. The summed E-state index contributed by atoms with van der Waals surface area (Å²) >= 11 is 0. The second-order valence-electron chi connectivity index (χ2n) is 5.96. The van der Waals surface area contributed by atoms with Gasteiger partial charge in [0.25, 0.3) is 0 Å². The number of allylic oxidation sites excluding steroid dienone is 1. The Hall–Kier alpha value is -1.13. The monoisotopic (exact) mass is 266 g/mol. The van der Waals surface area contributed by atoms with Crippen LogP contribution in [0.4, 0.5) is 0 Å². The van der Waals surface area contributed by atoms with E-state index in [1.807, 2.05) is 13.0 Å². The molecule has 0 spiro atoms.